The van der Waals surface area contributed by atoms with E-state index in [2.05, 4.69) is 27.8 Å². The van der Waals surface area contributed by atoms with Gasteiger partial charge in [0.1, 0.15) is 0 Å². The highest BCUT2D eigenvalue weighted by Gasteiger charge is 2.05. The molecule has 92 valence electrons. The fourth-order valence-corrected chi connectivity index (χ4v) is 1.86. The van der Waals surface area contributed by atoms with Crippen molar-refractivity contribution < 1.29 is 4.74 Å². The number of benzene rings is 1. The Morgan fingerprint density at radius 3 is 2.88 bits per heavy atom. The molecular formula is C13H19N3O. The third-order valence-electron chi connectivity index (χ3n) is 2.76. The van der Waals surface area contributed by atoms with Crippen molar-refractivity contribution in [1.82, 2.24) is 10.6 Å². The monoisotopic (exact) mass is 233 g/mol. The van der Waals surface area contributed by atoms with Gasteiger partial charge in [-0.05, 0) is 17.5 Å². The molecule has 1 aliphatic rings. The minimum atomic E-state index is 0.651. The molecule has 0 radical (unpaired) electrons. The van der Waals surface area contributed by atoms with Crippen LogP contribution in [0.3, 0.4) is 0 Å². The predicted octanol–water partition coefficient (Wildman–Crippen LogP) is 1.27. The quantitative estimate of drug-likeness (QED) is 0.823. The van der Waals surface area contributed by atoms with Crippen molar-refractivity contribution in [2.24, 2.45) is 4.99 Å². The molecule has 1 heterocycles. The summed E-state index contributed by atoms with van der Waals surface area (Å²) in [6.07, 6.45) is 1.12. The molecule has 17 heavy (non-hydrogen) atoms. The molecule has 0 bridgehead atoms. The van der Waals surface area contributed by atoms with Gasteiger partial charge >= 0.3 is 0 Å². The molecule has 0 fully saturated rings. The van der Waals surface area contributed by atoms with Crippen LogP contribution in [0.4, 0.5) is 0 Å². The van der Waals surface area contributed by atoms with Crippen molar-refractivity contribution in [3.63, 3.8) is 0 Å². The molecule has 0 unspecified atom stereocenters. The highest BCUT2D eigenvalue weighted by molar-refractivity contribution is 5.80. The van der Waals surface area contributed by atoms with E-state index < -0.39 is 0 Å². The first-order chi connectivity index (χ1) is 8.40. The summed E-state index contributed by atoms with van der Waals surface area (Å²) in [5.41, 5.74) is 2.48. The SMILES string of the molecule is COCc1ccccc1CNC1=NCCCN1. The van der Waals surface area contributed by atoms with Crippen molar-refractivity contribution >= 4 is 5.96 Å². The van der Waals surface area contributed by atoms with Crippen LogP contribution in [0.2, 0.25) is 0 Å². The topological polar surface area (TPSA) is 45.6 Å². The van der Waals surface area contributed by atoms with E-state index in [9.17, 15) is 0 Å². The molecule has 2 rings (SSSR count). The van der Waals surface area contributed by atoms with Crippen LogP contribution in [-0.4, -0.2) is 26.2 Å². The van der Waals surface area contributed by atoms with E-state index in [0.29, 0.717) is 6.61 Å². The van der Waals surface area contributed by atoms with Gasteiger partial charge in [0.2, 0.25) is 0 Å². The molecule has 1 aromatic rings. The molecule has 1 aliphatic heterocycles. The summed E-state index contributed by atoms with van der Waals surface area (Å²) in [6, 6.07) is 8.29. The van der Waals surface area contributed by atoms with Gasteiger partial charge in [0, 0.05) is 26.7 Å². The maximum atomic E-state index is 5.19. The van der Waals surface area contributed by atoms with Gasteiger partial charge in [0.25, 0.3) is 0 Å². The Morgan fingerprint density at radius 1 is 1.35 bits per heavy atom. The fourth-order valence-electron chi connectivity index (χ4n) is 1.86. The third-order valence-corrected chi connectivity index (χ3v) is 2.76. The van der Waals surface area contributed by atoms with Gasteiger partial charge in [-0.1, -0.05) is 24.3 Å². The lowest BCUT2D eigenvalue weighted by Crippen LogP contribution is -2.40. The number of guanidine groups is 1. The number of methoxy groups -OCH3 is 1. The lowest BCUT2D eigenvalue weighted by atomic mass is 10.1. The minimum absolute atomic E-state index is 0.651. The van der Waals surface area contributed by atoms with Crippen LogP contribution < -0.4 is 10.6 Å². The average molecular weight is 233 g/mol. The van der Waals surface area contributed by atoms with Crippen LogP contribution >= 0.6 is 0 Å². The minimum Gasteiger partial charge on any atom is -0.380 e. The molecule has 0 aliphatic carbocycles. The second-order valence-electron chi connectivity index (χ2n) is 4.07. The van der Waals surface area contributed by atoms with Gasteiger partial charge in [0.15, 0.2) is 5.96 Å². The summed E-state index contributed by atoms with van der Waals surface area (Å²) < 4.78 is 5.19. The van der Waals surface area contributed by atoms with Crippen LogP contribution in [-0.2, 0) is 17.9 Å². The number of rotatable bonds is 4. The molecule has 4 nitrogen and oxygen atoms in total. The Kier molecular flexibility index (Phi) is 4.38. The smallest absolute Gasteiger partial charge is 0.191 e. The second kappa shape index (κ2) is 6.25. The molecular weight excluding hydrogens is 214 g/mol. The number of aliphatic imine (C=N–C) groups is 1. The first-order valence-corrected chi connectivity index (χ1v) is 5.98. The van der Waals surface area contributed by atoms with Crippen molar-refractivity contribution in [2.75, 3.05) is 20.2 Å². The van der Waals surface area contributed by atoms with E-state index >= 15 is 0 Å². The number of nitrogens with zero attached hydrogens (tertiary/aromatic N) is 1. The van der Waals surface area contributed by atoms with E-state index in [1.807, 2.05) is 12.1 Å². The fraction of sp³-hybridized carbons (Fsp3) is 0.462. The van der Waals surface area contributed by atoms with Crippen molar-refractivity contribution in [3.05, 3.63) is 35.4 Å². The average Bonchev–Trinajstić information content (AvgIpc) is 2.39. The van der Waals surface area contributed by atoms with Crippen LogP contribution in [0.15, 0.2) is 29.3 Å². The normalized spacial score (nSPS) is 15.0. The first kappa shape index (κ1) is 11.9. The zero-order valence-electron chi connectivity index (χ0n) is 10.2. The zero-order valence-corrected chi connectivity index (χ0v) is 10.2. The van der Waals surface area contributed by atoms with E-state index in [-0.39, 0.29) is 0 Å². The molecule has 0 atom stereocenters. The van der Waals surface area contributed by atoms with E-state index in [0.717, 1.165) is 32.0 Å². The summed E-state index contributed by atoms with van der Waals surface area (Å²) in [5, 5.41) is 6.57. The Bertz CT molecular complexity index is 390. The maximum absolute atomic E-state index is 5.19. The van der Waals surface area contributed by atoms with Gasteiger partial charge in [-0.25, -0.2) is 0 Å². The largest absolute Gasteiger partial charge is 0.380 e. The molecule has 2 N–H and O–H groups in total. The molecule has 0 saturated heterocycles. The summed E-state index contributed by atoms with van der Waals surface area (Å²) in [4.78, 5) is 4.38. The molecule has 1 aromatic carbocycles. The number of nitrogens with one attached hydrogen (secondary N) is 2. The summed E-state index contributed by atoms with van der Waals surface area (Å²) >= 11 is 0. The number of ether oxygens (including phenoxy) is 1. The van der Waals surface area contributed by atoms with Crippen molar-refractivity contribution in [3.8, 4) is 0 Å². The van der Waals surface area contributed by atoms with Gasteiger partial charge in [0.05, 0.1) is 6.61 Å². The lowest BCUT2D eigenvalue weighted by Gasteiger charge is -2.17. The standard InChI is InChI=1S/C13H19N3O/c1-17-10-12-6-3-2-5-11(12)9-16-13-14-7-4-8-15-13/h2-3,5-6H,4,7-10H2,1H3,(H2,14,15,16). The number of hydrogen-bond donors (Lipinski definition) is 2. The van der Waals surface area contributed by atoms with Crippen molar-refractivity contribution in [2.45, 2.75) is 19.6 Å². The number of hydrogen-bond acceptors (Lipinski definition) is 4. The van der Waals surface area contributed by atoms with Crippen LogP contribution in [0.5, 0.6) is 0 Å². The second-order valence-corrected chi connectivity index (χ2v) is 4.07. The molecule has 0 aromatic heterocycles. The van der Waals surface area contributed by atoms with Gasteiger partial charge in [-0.3, -0.25) is 4.99 Å². The molecule has 0 spiro atoms. The van der Waals surface area contributed by atoms with Gasteiger partial charge < -0.3 is 15.4 Å². The van der Waals surface area contributed by atoms with E-state index in [4.69, 9.17) is 4.74 Å². The van der Waals surface area contributed by atoms with E-state index in [1.165, 1.54) is 11.1 Å². The lowest BCUT2D eigenvalue weighted by molar-refractivity contribution is 0.184. The highest BCUT2D eigenvalue weighted by atomic mass is 16.5. The maximum Gasteiger partial charge on any atom is 0.191 e. The zero-order chi connectivity index (χ0) is 11.9. The Balaban J connectivity index is 1.95. The predicted molar refractivity (Wildman–Crippen MR) is 68.9 cm³/mol. The molecule has 0 saturated carbocycles. The summed E-state index contributed by atoms with van der Waals surface area (Å²) in [5.74, 6) is 0.906. The van der Waals surface area contributed by atoms with Crippen LogP contribution in [0.25, 0.3) is 0 Å². The van der Waals surface area contributed by atoms with Crippen molar-refractivity contribution in [1.29, 1.82) is 0 Å². The first-order valence-electron chi connectivity index (χ1n) is 5.98. The van der Waals surface area contributed by atoms with Gasteiger partial charge in [-0.15, -0.1) is 0 Å². The Labute approximate surface area is 102 Å². The molecule has 4 heteroatoms. The highest BCUT2D eigenvalue weighted by Crippen LogP contribution is 2.09. The Morgan fingerprint density at radius 2 is 2.18 bits per heavy atom. The summed E-state index contributed by atoms with van der Waals surface area (Å²) in [7, 11) is 1.72. The third kappa shape index (κ3) is 3.46. The van der Waals surface area contributed by atoms with Gasteiger partial charge in [-0.2, -0.15) is 0 Å². The van der Waals surface area contributed by atoms with Crippen LogP contribution in [0, 0.1) is 0 Å². The van der Waals surface area contributed by atoms with Crippen LogP contribution in [0.1, 0.15) is 17.5 Å². The Hall–Kier alpha value is -1.55. The van der Waals surface area contributed by atoms with E-state index in [1.54, 1.807) is 7.11 Å². The summed E-state index contributed by atoms with van der Waals surface area (Å²) in [6.45, 7) is 3.35. The molecule has 0 amide bonds.